The Morgan fingerprint density at radius 2 is 1.70 bits per heavy atom. The molecule has 0 spiro atoms. The molecule has 1 amide bonds. The summed E-state index contributed by atoms with van der Waals surface area (Å²) in [6.45, 7) is 0.210. The van der Waals surface area contributed by atoms with Gasteiger partial charge in [-0.3, -0.25) is 14.3 Å². The SMILES string of the molecule is O=POCc1ccc(C(NC(=O)c2cnc(-c3ccccn3)nc2O)c2ccccc2)cc1. The van der Waals surface area contributed by atoms with Crippen LogP contribution in [-0.4, -0.2) is 26.0 Å². The molecule has 0 aliphatic rings. The van der Waals surface area contributed by atoms with Crippen molar-refractivity contribution in [2.75, 3.05) is 0 Å². The van der Waals surface area contributed by atoms with Crippen molar-refractivity contribution in [3.8, 4) is 17.4 Å². The van der Waals surface area contributed by atoms with Gasteiger partial charge >= 0.3 is 8.69 Å². The number of aromatic hydroxyl groups is 1. The molecular weight excluding hydrogens is 439 g/mol. The average Bonchev–Trinajstić information content (AvgIpc) is 2.87. The molecule has 2 N–H and O–H groups in total. The number of carbonyl (C=O) groups excluding carboxylic acids is 1. The summed E-state index contributed by atoms with van der Waals surface area (Å²) in [5.74, 6) is -0.731. The largest absolute Gasteiger partial charge is 0.493 e. The van der Waals surface area contributed by atoms with Crippen molar-refractivity contribution < 1.29 is 19.0 Å². The summed E-state index contributed by atoms with van der Waals surface area (Å²) < 4.78 is 15.4. The molecule has 0 bridgehead atoms. The predicted molar refractivity (Wildman–Crippen MR) is 122 cm³/mol. The molecule has 9 heteroatoms. The zero-order chi connectivity index (χ0) is 23.0. The second-order valence-corrected chi connectivity index (χ2v) is 7.46. The molecule has 2 heterocycles. The third kappa shape index (κ3) is 5.44. The van der Waals surface area contributed by atoms with Gasteiger partial charge < -0.3 is 10.4 Å². The van der Waals surface area contributed by atoms with Crippen molar-refractivity contribution >= 4 is 14.6 Å². The van der Waals surface area contributed by atoms with E-state index in [9.17, 15) is 14.5 Å². The van der Waals surface area contributed by atoms with Crippen molar-refractivity contribution in [2.24, 2.45) is 0 Å². The first-order chi connectivity index (χ1) is 16.2. The monoisotopic (exact) mass is 458 g/mol. The van der Waals surface area contributed by atoms with Gasteiger partial charge in [-0.15, -0.1) is 0 Å². The fraction of sp³-hybridized carbons (Fsp3) is 0.0833. The first-order valence-corrected chi connectivity index (χ1v) is 10.8. The Balaban J connectivity index is 1.60. The van der Waals surface area contributed by atoms with E-state index in [-0.39, 0.29) is 26.7 Å². The van der Waals surface area contributed by atoms with Crippen molar-refractivity contribution in [3.63, 3.8) is 0 Å². The van der Waals surface area contributed by atoms with Crippen LogP contribution in [0.15, 0.2) is 85.2 Å². The molecule has 8 nitrogen and oxygen atoms in total. The second kappa shape index (κ2) is 10.5. The van der Waals surface area contributed by atoms with Crippen molar-refractivity contribution in [1.82, 2.24) is 20.3 Å². The van der Waals surface area contributed by atoms with Crippen LogP contribution >= 0.6 is 8.69 Å². The van der Waals surface area contributed by atoms with E-state index >= 15 is 0 Å². The fourth-order valence-corrected chi connectivity index (χ4v) is 3.47. The standard InChI is InChI=1S/C24H19N4O4P/c29-23(19-14-26-22(28-24(19)30)20-8-4-5-13-25-20)27-21(17-6-2-1-3-7-17)18-11-9-16(10-12-18)15-32-33-31/h1-14,21H,15H2,(H,27,29)(H,26,28,30). The summed E-state index contributed by atoms with van der Waals surface area (Å²) in [6.07, 6.45) is 2.88. The Hall–Kier alpha value is -4.00. The maximum absolute atomic E-state index is 13.1. The van der Waals surface area contributed by atoms with Crippen molar-refractivity contribution in [2.45, 2.75) is 12.6 Å². The number of carbonyl (C=O) groups is 1. The Bertz CT molecular complexity index is 1240. The van der Waals surface area contributed by atoms with Crippen molar-refractivity contribution in [3.05, 3.63) is 107 Å². The molecule has 0 aliphatic heterocycles. The molecule has 2 aromatic heterocycles. The van der Waals surface area contributed by atoms with Gasteiger partial charge in [0, 0.05) is 12.4 Å². The molecule has 0 saturated carbocycles. The van der Waals surface area contributed by atoms with Crippen LogP contribution in [0.1, 0.15) is 33.1 Å². The first kappa shape index (κ1) is 22.2. The highest BCUT2D eigenvalue weighted by Crippen LogP contribution is 2.25. The smallest absolute Gasteiger partial charge is 0.327 e. The average molecular weight is 458 g/mol. The number of nitrogens with one attached hydrogen (secondary N) is 1. The summed E-state index contributed by atoms with van der Waals surface area (Å²) in [5.41, 5.74) is 2.97. The number of hydrogen-bond donors (Lipinski definition) is 2. The van der Waals surface area contributed by atoms with Crippen LogP contribution in [0.25, 0.3) is 11.5 Å². The topological polar surface area (TPSA) is 114 Å². The molecule has 33 heavy (non-hydrogen) atoms. The number of nitrogens with zero attached hydrogens (tertiary/aromatic N) is 3. The zero-order valence-corrected chi connectivity index (χ0v) is 18.2. The van der Waals surface area contributed by atoms with Gasteiger partial charge in [-0.1, -0.05) is 60.7 Å². The first-order valence-electron chi connectivity index (χ1n) is 10.0. The number of pyridine rings is 1. The lowest BCUT2D eigenvalue weighted by molar-refractivity contribution is 0.0939. The molecule has 0 aliphatic carbocycles. The van der Waals surface area contributed by atoms with Crippen LogP contribution in [0.2, 0.25) is 0 Å². The summed E-state index contributed by atoms with van der Waals surface area (Å²) in [4.78, 5) is 25.4. The summed E-state index contributed by atoms with van der Waals surface area (Å²) >= 11 is 0. The lowest BCUT2D eigenvalue weighted by atomic mass is 9.97. The van der Waals surface area contributed by atoms with E-state index in [2.05, 4.69) is 20.3 Å². The molecule has 0 radical (unpaired) electrons. The highest BCUT2D eigenvalue weighted by Gasteiger charge is 2.21. The van der Waals surface area contributed by atoms with Crippen LogP contribution in [0.5, 0.6) is 5.88 Å². The molecular formula is C24H19N4O4P. The number of aromatic nitrogens is 3. The summed E-state index contributed by atoms with van der Waals surface area (Å²) in [6, 6.07) is 21.6. The Morgan fingerprint density at radius 3 is 2.36 bits per heavy atom. The molecule has 0 saturated heterocycles. The Morgan fingerprint density at radius 1 is 0.970 bits per heavy atom. The number of amides is 1. The maximum atomic E-state index is 13.1. The predicted octanol–water partition coefficient (Wildman–Crippen LogP) is 4.49. The van der Waals surface area contributed by atoms with Gasteiger partial charge in [-0.05, 0) is 28.8 Å². The van der Waals surface area contributed by atoms with Crippen LogP contribution in [0.3, 0.4) is 0 Å². The lowest BCUT2D eigenvalue weighted by Gasteiger charge is -2.20. The van der Waals surface area contributed by atoms with Gasteiger partial charge in [0.05, 0.1) is 12.6 Å². The van der Waals surface area contributed by atoms with E-state index in [1.54, 1.807) is 24.4 Å². The van der Waals surface area contributed by atoms with Crippen LogP contribution in [0.4, 0.5) is 0 Å². The third-order valence-corrected chi connectivity index (χ3v) is 5.15. The highest BCUT2D eigenvalue weighted by molar-refractivity contribution is 7.17. The van der Waals surface area contributed by atoms with Gasteiger partial charge in [0.25, 0.3) is 5.91 Å². The molecule has 164 valence electrons. The molecule has 1 atom stereocenters. The number of benzene rings is 2. The Labute approximate surface area is 191 Å². The van der Waals surface area contributed by atoms with Crippen LogP contribution in [-0.2, 0) is 15.7 Å². The minimum Gasteiger partial charge on any atom is -0.493 e. The van der Waals surface area contributed by atoms with E-state index < -0.39 is 17.8 Å². The van der Waals surface area contributed by atoms with Gasteiger partial charge in [0.1, 0.15) is 11.3 Å². The third-order valence-electron chi connectivity index (χ3n) is 4.91. The minimum atomic E-state index is -0.522. The lowest BCUT2D eigenvalue weighted by Crippen LogP contribution is -2.29. The van der Waals surface area contributed by atoms with Crippen LogP contribution in [0, 0.1) is 0 Å². The quantitative estimate of drug-likeness (QED) is 0.374. The molecule has 0 fully saturated rings. The van der Waals surface area contributed by atoms with Gasteiger partial charge in [0.2, 0.25) is 5.88 Å². The zero-order valence-electron chi connectivity index (χ0n) is 17.3. The Kier molecular flexibility index (Phi) is 7.09. The van der Waals surface area contributed by atoms with E-state index in [4.69, 9.17) is 4.52 Å². The fourth-order valence-electron chi connectivity index (χ4n) is 3.27. The minimum absolute atomic E-state index is 0.0462. The molecule has 2 aromatic carbocycles. The van der Waals surface area contributed by atoms with E-state index in [1.807, 2.05) is 54.6 Å². The van der Waals surface area contributed by atoms with Gasteiger partial charge in [-0.2, -0.15) is 4.98 Å². The van der Waals surface area contributed by atoms with Gasteiger partial charge in [0.15, 0.2) is 5.82 Å². The molecule has 4 rings (SSSR count). The molecule has 4 aromatic rings. The van der Waals surface area contributed by atoms with E-state index in [1.165, 1.54) is 6.20 Å². The number of rotatable bonds is 8. The highest BCUT2D eigenvalue weighted by atomic mass is 31.1. The van der Waals surface area contributed by atoms with Gasteiger partial charge in [-0.25, -0.2) is 9.55 Å². The van der Waals surface area contributed by atoms with Crippen molar-refractivity contribution in [1.29, 1.82) is 0 Å². The normalized spacial score (nSPS) is 11.8. The number of hydrogen-bond acceptors (Lipinski definition) is 7. The van der Waals surface area contributed by atoms with E-state index in [0.717, 1.165) is 16.7 Å². The summed E-state index contributed by atoms with van der Waals surface area (Å²) in [7, 11) is -0.380. The van der Waals surface area contributed by atoms with E-state index in [0.29, 0.717) is 5.69 Å². The molecule has 1 unspecified atom stereocenters. The second-order valence-electron chi connectivity index (χ2n) is 7.05. The summed E-state index contributed by atoms with van der Waals surface area (Å²) in [5, 5.41) is 13.4. The van der Waals surface area contributed by atoms with Crippen LogP contribution < -0.4 is 5.32 Å². The maximum Gasteiger partial charge on any atom is 0.327 e.